The number of carbonyl (C=O) groups excluding carboxylic acids is 1. The number of Topliss-reactive ketones (excluding diaryl/α,β-unsaturated/α-hetero) is 1. The van der Waals surface area contributed by atoms with Crippen LogP contribution in [-0.2, 0) is 4.74 Å². The quantitative estimate of drug-likeness (QED) is 0.374. The standard InChI is InChI=1S/C21H22O10/c22-7-15-18(26)19(27)20(28)21(31-15)30-11-5-13(24)16-14(6-11)29-8-12(17(16)25)9-1-3-10(23)4-2-9/h1-6,12,15,18-24,26-28H,7-8H2/t12-,15+,18+,19-,20+,21+/m1/s1. The summed E-state index contributed by atoms with van der Waals surface area (Å²) < 4.78 is 16.4. The van der Waals surface area contributed by atoms with E-state index in [0.717, 1.165) is 6.07 Å². The molecule has 10 heteroatoms. The number of aromatic hydroxyl groups is 2. The Morgan fingerprint density at radius 1 is 1.00 bits per heavy atom. The summed E-state index contributed by atoms with van der Waals surface area (Å²) >= 11 is 0. The fourth-order valence-corrected chi connectivity index (χ4v) is 3.68. The van der Waals surface area contributed by atoms with Crippen molar-refractivity contribution < 1.29 is 49.6 Å². The molecule has 2 heterocycles. The molecule has 6 atom stereocenters. The number of rotatable bonds is 4. The summed E-state index contributed by atoms with van der Waals surface area (Å²) in [6.45, 7) is -0.615. The van der Waals surface area contributed by atoms with Gasteiger partial charge in [-0.25, -0.2) is 0 Å². The molecule has 0 aliphatic carbocycles. The lowest BCUT2D eigenvalue weighted by Gasteiger charge is -2.39. The lowest BCUT2D eigenvalue weighted by molar-refractivity contribution is -0.277. The minimum absolute atomic E-state index is 0.000448. The molecular formula is C21H22O10. The van der Waals surface area contributed by atoms with Crippen molar-refractivity contribution in [2.45, 2.75) is 36.6 Å². The van der Waals surface area contributed by atoms with Crippen molar-refractivity contribution in [3.63, 3.8) is 0 Å². The highest BCUT2D eigenvalue weighted by Crippen LogP contribution is 2.41. The van der Waals surface area contributed by atoms with Gasteiger partial charge in [0.25, 0.3) is 0 Å². The lowest BCUT2D eigenvalue weighted by Crippen LogP contribution is -2.60. The second-order valence-electron chi connectivity index (χ2n) is 7.45. The molecule has 1 saturated heterocycles. The minimum atomic E-state index is -1.63. The van der Waals surface area contributed by atoms with Crippen LogP contribution in [0.4, 0.5) is 0 Å². The van der Waals surface area contributed by atoms with Crippen LogP contribution in [-0.4, -0.2) is 80.3 Å². The van der Waals surface area contributed by atoms with Crippen molar-refractivity contribution in [3.8, 4) is 23.0 Å². The Bertz CT molecular complexity index is 957. The maximum atomic E-state index is 12.9. The molecule has 166 valence electrons. The topological polar surface area (TPSA) is 166 Å². The lowest BCUT2D eigenvalue weighted by atomic mass is 9.88. The molecule has 6 N–H and O–H groups in total. The summed E-state index contributed by atoms with van der Waals surface area (Å²) in [4.78, 5) is 12.9. The summed E-state index contributed by atoms with van der Waals surface area (Å²) in [7, 11) is 0. The first-order valence-electron chi connectivity index (χ1n) is 9.60. The van der Waals surface area contributed by atoms with Crippen LogP contribution in [0.1, 0.15) is 21.8 Å². The van der Waals surface area contributed by atoms with E-state index in [2.05, 4.69) is 0 Å². The van der Waals surface area contributed by atoms with Gasteiger partial charge in [-0.05, 0) is 17.7 Å². The molecule has 2 aromatic rings. The van der Waals surface area contributed by atoms with Gasteiger partial charge in [-0.15, -0.1) is 0 Å². The summed E-state index contributed by atoms with van der Waals surface area (Å²) in [6, 6.07) is 8.58. The number of phenols is 2. The normalized spacial score (nSPS) is 30.4. The van der Waals surface area contributed by atoms with Crippen molar-refractivity contribution in [3.05, 3.63) is 47.5 Å². The molecule has 1 fully saturated rings. The predicted octanol–water partition coefficient (Wildman–Crippen LogP) is -0.365. The maximum Gasteiger partial charge on any atom is 0.229 e. The van der Waals surface area contributed by atoms with E-state index in [1.165, 1.54) is 18.2 Å². The first-order chi connectivity index (χ1) is 14.8. The fraction of sp³-hybridized carbons (Fsp3) is 0.381. The molecule has 2 aliphatic heterocycles. The molecule has 2 aromatic carbocycles. The number of benzene rings is 2. The Labute approximate surface area is 176 Å². The Balaban J connectivity index is 1.57. The number of ketones is 1. The molecule has 10 nitrogen and oxygen atoms in total. The monoisotopic (exact) mass is 434 g/mol. The van der Waals surface area contributed by atoms with Crippen molar-refractivity contribution >= 4 is 5.78 Å². The zero-order valence-electron chi connectivity index (χ0n) is 16.2. The zero-order chi connectivity index (χ0) is 22.3. The summed E-state index contributed by atoms with van der Waals surface area (Å²) in [5.74, 6) is -1.34. The van der Waals surface area contributed by atoms with Gasteiger partial charge in [0.05, 0.1) is 12.5 Å². The van der Waals surface area contributed by atoms with Gasteiger partial charge in [-0.2, -0.15) is 0 Å². The van der Waals surface area contributed by atoms with Gasteiger partial charge in [0.2, 0.25) is 6.29 Å². The predicted molar refractivity (Wildman–Crippen MR) is 103 cm³/mol. The number of hydrogen-bond acceptors (Lipinski definition) is 10. The third-order valence-corrected chi connectivity index (χ3v) is 5.42. The first-order valence-corrected chi connectivity index (χ1v) is 9.60. The Morgan fingerprint density at radius 3 is 2.39 bits per heavy atom. The maximum absolute atomic E-state index is 12.9. The highest BCUT2D eigenvalue weighted by molar-refractivity contribution is 6.06. The fourth-order valence-electron chi connectivity index (χ4n) is 3.68. The van der Waals surface area contributed by atoms with Crippen molar-refractivity contribution in [2.24, 2.45) is 0 Å². The third kappa shape index (κ3) is 3.91. The van der Waals surface area contributed by atoms with Crippen LogP contribution in [0.2, 0.25) is 0 Å². The van der Waals surface area contributed by atoms with Crippen LogP contribution >= 0.6 is 0 Å². The highest BCUT2D eigenvalue weighted by Gasteiger charge is 2.45. The van der Waals surface area contributed by atoms with Crippen LogP contribution in [0.15, 0.2) is 36.4 Å². The smallest absolute Gasteiger partial charge is 0.229 e. The SMILES string of the molecule is O=C1c2c(O)cc(O[C@H]3O[C@@H](CO)[C@H](O)[C@@H](O)[C@@H]3O)cc2OC[C@@H]1c1ccc(O)cc1. The second kappa shape index (κ2) is 8.33. The van der Waals surface area contributed by atoms with Gasteiger partial charge in [0.15, 0.2) is 5.78 Å². The van der Waals surface area contributed by atoms with E-state index < -0.39 is 49.0 Å². The van der Waals surface area contributed by atoms with Gasteiger partial charge in [-0.3, -0.25) is 4.79 Å². The van der Waals surface area contributed by atoms with Gasteiger partial charge < -0.3 is 44.8 Å². The number of fused-ring (bicyclic) bond motifs is 1. The number of ether oxygens (including phenoxy) is 3. The number of aliphatic hydroxyl groups excluding tert-OH is 4. The first kappa shape index (κ1) is 21.3. The molecule has 0 aromatic heterocycles. The second-order valence-corrected chi connectivity index (χ2v) is 7.45. The minimum Gasteiger partial charge on any atom is -0.508 e. The van der Waals surface area contributed by atoms with Crippen LogP contribution < -0.4 is 9.47 Å². The van der Waals surface area contributed by atoms with Crippen LogP contribution in [0, 0.1) is 0 Å². The van der Waals surface area contributed by atoms with E-state index >= 15 is 0 Å². The number of phenolic OH excluding ortho intramolecular Hbond substituents is 2. The average Bonchev–Trinajstić information content (AvgIpc) is 2.75. The summed E-state index contributed by atoms with van der Waals surface area (Å²) in [6.07, 6.45) is -7.38. The largest absolute Gasteiger partial charge is 0.508 e. The zero-order valence-corrected chi connectivity index (χ0v) is 16.2. The number of hydrogen-bond donors (Lipinski definition) is 6. The van der Waals surface area contributed by atoms with Crippen molar-refractivity contribution in [2.75, 3.05) is 13.2 Å². The average molecular weight is 434 g/mol. The van der Waals surface area contributed by atoms with E-state index in [1.807, 2.05) is 0 Å². The summed E-state index contributed by atoms with van der Waals surface area (Å²) in [5.41, 5.74) is 0.583. The molecule has 2 aliphatic rings. The van der Waals surface area contributed by atoms with Gasteiger partial charge in [-0.1, -0.05) is 12.1 Å². The van der Waals surface area contributed by atoms with Crippen molar-refractivity contribution in [1.29, 1.82) is 0 Å². The molecule has 0 saturated carbocycles. The Hall–Kier alpha value is -2.89. The summed E-state index contributed by atoms with van der Waals surface area (Å²) in [5, 5.41) is 59.0. The van der Waals surface area contributed by atoms with Crippen molar-refractivity contribution in [1.82, 2.24) is 0 Å². The molecule has 0 unspecified atom stereocenters. The molecule has 0 bridgehead atoms. The number of carbonyl (C=O) groups is 1. The molecule has 4 rings (SSSR count). The van der Waals surface area contributed by atoms with Crippen LogP contribution in [0.3, 0.4) is 0 Å². The van der Waals surface area contributed by atoms with Gasteiger partial charge in [0, 0.05) is 12.1 Å². The van der Waals surface area contributed by atoms with Gasteiger partial charge >= 0.3 is 0 Å². The molecule has 0 radical (unpaired) electrons. The molecule has 0 amide bonds. The number of aliphatic hydroxyl groups is 4. The van der Waals surface area contributed by atoms with E-state index in [4.69, 9.17) is 14.2 Å². The van der Waals surface area contributed by atoms with E-state index in [-0.39, 0.29) is 35.2 Å². The van der Waals surface area contributed by atoms with Gasteiger partial charge in [0.1, 0.15) is 59.6 Å². The Morgan fingerprint density at radius 2 is 1.71 bits per heavy atom. The molecule has 0 spiro atoms. The van der Waals surface area contributed by atoms with E-state index in [9.17, 15) is 35.4 Å². The molecule has 31 heavy (non-hydrogen) atoms. The highest BCUT2D eigenvalue weighted by atomic mass is 16.7. The third-order valence-electron chi connectivity index (χ3n) is 5.42. The van der Waals surface area contributed by atoms with Crippen LogP contribution in [0.5, 0.6) is 23.0 Å². The molecular weight excluding hydrogens is 412 g/mol. The van der Waals surface area contributed by atoms with Crippen LogP contribution in [0.25, 0.3) is 0 Å². The van der Waals surface area contributed by atoms with E-state index in [1.54, 1.807) is 12.1 Å². The van der Waals surface area contributed by atoms with E-state index in [0.29, 0.717) is 5.56 Å². The Kier molecular flexibility index (Phi) is 5.73.